The van der Waals surface area contributed by atoms with Gasteiger partial charge in [0.2, 0.25) is 0 Å². The van der Waals surface area contributed by atoms with Crippen LogP contribution in [-0.2, 0) is 20.9 Å². The molecule has 1 aliphatic rings. The van der Waals surface area contributed by atoms with E-state index in [1.54, 1.807) is 20.8 Å². The number of carbonyl (C=O) groups excluding carboxylic acids is 2. The monoisotopic (exact) mass is 305 g/mol. The van der Waals surface area contributed by atoms with Crippen LogP contribution in [0.25, 0.3) is 0 Å². The van der Waals surface area contributed by atoms with E-state index < -0.39 is 17.7 Å². The Hall–Kier alpha value is -1.88. The van der Waals surface area contributed by atoms with E-state index in [4.69, 9.17) is 9.47 Å². The maximum Gasteiger partial charge on any atom is 0.410 e. The van der Waals surface area contributed by atoms with E-state index in [2.05, 4.69) is 0 Å². The van der Waals surface area contributed by atoms with E-state index in [1.807, 2.05) is 30.3 Å². The number of hydrogen-bond acceptors (Lipinski definition) is 4. The molecule has 1 aliphatic heterocycles. The van der Waals surface area contributed by atoms with Crippen molar-refractivity contribution < 1.29 is 19.1 Å². The van der Waals surface area contributed by atoms with Crippen LogP contribution in [0.2, 0.25) is 0 Å². The van der Waals surface area contributed by atoms with Crippen LogP contribution < -0.4 is 0 Å². The van der Waals surface area contributed by atoms with E-state index in [0.29, 0.717) is 19.6 Å². The SMILES string of the molecule is CC(C)(C)OC(=O)N1CC(OCc2ccccc2)CC1C=O. The van der Waals surface area contributed by atoms with Crippen molar-refractivity contribution >= 4 is 12.4 Å². The molecule has 0 saturated carbocycles. The molecular formula is C17H23NO4. The second-order valence-electron chi connectivity index (χ2n) is 6.49. The molecule has 0 spiro atoms. The van der Waals surface area contributed by atoms with Gasteiger partial charge in [0.05, 0.1) is 25.3 Å². The maximum absolute atomic E-state index is 12.1. The van der Waals surface area contributed by atoms with Crippen molar-refractivity contribution in [2.75, 3.05) is 6.54 Å². The first-order chi connectivity index (χ1) is 10.4. The summed E-state index contributed by atoms with van der Waals surface area (Å²) in [5, 5.41) is 0. The number of carbonyl (C=O) groups is 2. The van der Waals surface area contributed by atoms with Gasteiger partial charge in [0, 0.05) is 6.42 Å². The highest BCUT2D eigenvalue weighted by molar-refractivity contribution is 5.74. The smallest absolute Gasteiger partial charge is 0.410 e. The Labute approximate surface area is 131 Å². The second kappa shape index (κ2) is 6.92. The minimum absolute atomic E-state index is 0.150. The van der Waals surface area contributed by atoms with Gasteiger partial charge < -0.3 is 14.3 Å². The van der Waals surface area contributed by atoms with Crippen molar-refractivity contribution in [3.63, 3.8) is 0 Å². The number of aldehydes is 1. The van der Waals surface area contributed by atoms with Gasteiger partial charge in [0.1, 0.15) is 11.9 Å². The first-order valence-corrected chi connectivity index (χ1v) is 7.49. The van der Waals surface area contributed by atoms with E-state index in [-0.39, 0.29) is 6.10 Å². The number of nitrogens with zero attached hydrogens (tertiary/aromatic N) is 1. The number of rotatable bonds is 4. The fourth-order valence-electron chi connectivity index (χ4n) is 2.39. The largest absolute Gasteiger partial charge is 0.444 e. The van der Waals surface area contributed by atoms with Crippen LogP contribution in [-0.4, -0.2) is 41.6 Å². The molecule has 0 radical (unpaired) electrons. The summed E-state index contributed by atoms with van der Waals surface area (Å²) in [4.78, 5) is 24.8. The lowest BCUT2D eigenvalue weighted by Crippen LogP contribution is -2.40. The van der Waals surface area contributed by atoms with Crippen LogP contribution >= 0.6 is 0 Å². The van der Waals surface area contributed by atoms with Crippen LogP contribution in [0.1, 0.15) is 32.8 Å². The number of amides is 1. The third kappa shape index (κ3) is 4.56. The molecule has 1 saturated heterocycles. The molecule has 0 aliphatic carbocycles. The zero-order chi connectivity index (χ0) is 16.2. The van der Waals surface area contributed by atoms with Crippen LogP contribution in [0.3, 0.4) is 0 Å². The average Bonchev–Trinajstić information content (AvgIpc) is 2.88. The minimum atomic E-state index is -0.576. The van der Waals surface area contributed by atoms with Crippen molar-refractivity contribution in [2.45, 2.75) is 51.5 Å². The van der Waals surface area contributed by atoms with E-state index in [1.165, 1.54) is 4.90 Å². The average molecular weight is 305 g/mol. The molecule has 5 nitrogen and oxygen atoms in total. The van der Waals surface area contributed by atoms with Gasteiger partial charge in [-0.1, -0.05) is 30.3 Å². The molecule has 1 aromatic rings. The lowest BCUT2D eigenvalue weighted by Gasteiger charge is -2.26. The van der Waals surface area contributed by atoms with Crippen molar-refractivity contribution in [2.24, 2.45) is 0 Å². The summed E-state index contributed by atoms with van der Waals surface area (Å²) < 4.78 is 11.2. The summed E-state index contributed by atoms with van der Waals surface area (Å²) in [6.45, 7) is 6.27. The molecule has 22 heavy (non-hydrogen) atoms. The number of hydrogen-bond donors (Lipinski definition) is 0. The summed E-state index contributed by atoms with van der Waals surface area (Å²) in [5.41, 5.74) is 0.494. The Bertz CT molecular complexity index is 509. The Kier molecular flexibility index (Phi) is 5.19. The molecule has 1 amide bonds. The third-order valence-electron chi connectivity index (χ3n) is 3.42. The van der Waals surface area contributed by atoms with E-state index in [0.717, 1.165) is 11.8 Å². The van der Waals surface area contributed by atoms with Crippen molar-refractivity contribution in [3.8, 4) is 0 Å². The maximum atomic E-state index is 12.1. The molecule has 2 rings (SSSR count). The highest BCUT2D eigenvalue weighted by atomic mass is 16.6. The van der Waals surface area contributed by atoms with Gasteiger partial charge in [-0.15, -0.1) is 0 Å². The summed E-state index contributed by atoms with van der Waals surface area (Å²) in [6.07, 6.45) is 0.684. The minimum Gasteiger partial charge on any atom is -0.444 e. The van der Waals surface area contributed by atoms with Crippen molar-refractivity contribution in [1.29, 1.82) is 0 Å². The second-order valence-corrected chi connectivity index (χ2v) is 6.49. The molecule has 120 valence electrons. The third-order valence-corrected chi connectivity index (χ3v) is 3.42. The predicted octanol–water partition coefficient (Wildman–Crippen LogP) is 2.78. The molecular weight excluding hydrogens is 282 g/mol. The van der Waals surface area contributed by atoms with Crippen LogP contribution in [0.4, 0.5) is 4.79 Å². The topological polar surface area (TPSA) is 55.8 Å². The molecule has 2 atom stereocenters. The Morgan fingerprint density at radius 3 is 2.59 bits per heavy atom. The molecule has 0 N–H and O–H groups in total. The quantitative estimate of drug-likeness (QED) is 0.803. The molecule has 2 unspecified atom stereocenters. The number of likely N-dealkylation sites (tertiary alicyclic amines) is 1. The summed E-state index contributed by atoms with van der Waals surface area (Å²) in [6, 6.07) is 9.35. The molecule has 1 aromatic carbocycles. The molecule has 5 heteroatoms. The lowest BCUT2D eigenvalue weighted by atomic mass is 10.2. The lowest BCUT2D eigenvalue weighted by molar-refractivity contribution is -0.111. The van der Waals surface area contributed by atoms with Gasteiger partial charge in [-0.2, -0.15) is 0 Å². The molecule has 0 bridgehead atoms. The number of ether oxygens (including phenoxy) is 2. The van der Waals surface area contributed by atoms with E-state index >= 15 is 0 Å². The van der Waals surface area contributed by atoms with E-state index in [9.17, 15) is 9.59 Å². The molecule has 1 heterocycles. The molecule has 1 fully saturated rings. The zero-order valence-corrected chi connectivity index (χ0v) is 13.3. The van der Waals surface area contributed by atoms with Gasteiger partial charge in [0.25, 0.3) is 0 Å². The van der Waals surface area contributed by atoms with Gasteiger partial charge >= 0.3 is 6.09 Å². The summed E-state index contributed by atoms with van der Waals surface area (Å²) in [7, 11) is 0. The Morgan fingerprint density at radius 1 is 1.32 bits per heavy atom. The first kappa shape index (κ1) is 16.5. The fourth-order valence-corrected chi connectivity index (χ4v) is 2.39. The Balaban J connectivity index is 1.91. The van der Waals surface area contributed by atoms with Crippen molar-refractivity contribution in [3.05, 3.63) is 35.9 Å². The summed E-state index contributed by atoms with van der Waals surface area (Å²) >= 11 is 0. The first-order valence-electron chi connectivity index (χ1n) is 7.49. The summed E-state index contributed by atoms with van der Waals surface area (Å²) in [5.74, 6) is 0. The van der Waals surface area contributed by atoms with Crippen LogP contribution in [0, 0.1) is 0 Å². The predicted molar refractivity (Wildman–Crippen MR) is 82.4 cm³/mol. The van der Waals surface area contributed by atoms with Crippen LogP contribution in [0.15, 0.2) is 30.3 Å². The van der Waals surface area contributed by atoms with Gasteiger partial charge in [0.15, 0.2) is 0 Å². The standard InChI is InChI=1S/C17H23NO4/c1-17(2,3)22-16(20)18-10-15(9-14(18)11-19)21-12-13-7-5-4-6-8-13/h4-8,11,14-15H,9-10,12H2,1-3H3. The van der Waals surface area contributed by atoms with Gasteiger partial charge in [-0.25, -0.2) is 4.79 Å². The Morgan fingerprint density at radius 2 is 2.00 bits per heavy atom. The zero-order valence-electron chi connectivity index (χ0n) is 13.3. The normalized spacial score (nSPS) is 21.7. The van der Waals surface area contributed by atoms with Crippen LogP contribution in [0.5, 0.6) is 0 Å². The fraction of sp³-hybridized carbons (Fsp3) is 0.529. The van der Waals surface area contributed by atoms with Gasteiger partial charge in [-0.3, -0.25) is 4.90 Å². The number of benzene rings is 1. The van der Waals surface area contributed by atoms with Crippen molar-refractivity contribution in [1.82, 2.24) is 4.90 Å². The molecule has 0 aromatic heterocycles. The highest BCUT2D eigenvalue weighted by Crippen LogP contribution is 2.23. The van der Waals surface area contributed by atoms with Gasteiger partial charge in [-0.05, 0) is 26.3 Å². The highest BCUT2D eigenvalue weighted by Gasteiger charge is 2.37.